The van der Waals surface area contributed by atoms with E-state index in [-0.39, 0.29) is 58.8 Å². The number of allylic oxidation sites excluding steroid dienone is 2. The number of aliphatic hydroxyl groups excluding tert-OH is 1. The fourth-order valence-corrected chi connectivity index (χ4v) is 4.52. The smallest absolute Gasteiger partial charge is 0.163 e. The summed E-state index contributed by atoms with van der Waals surface area (Å²) in [6, 6.07) is 3.49. The third kappa shape index (κ3) is 3.87. The standard InChI is InChI=1S/C22H27NO4/c1-21(2)8-14(24)19(15(25)9-21)18(13-6-5-7-23-12-13)20-16(26)10-22(3,4)11-17(20)27/h5-7,12,18-19,26H,8-11H2,1-4H3/t18-/m0/s1. The molecule has 144 valence electrons. The first-order valence-corrected chi connectivity index (χ1v) is 9.41. The monoisotopic (exact) mass is 369 g/mol. The average molecular weight is 369 g/mol. The molecule has 1 fully saturated rings. The maximum absolute atomic E-state index is 13.0. The van der Waals surface area contributed by atoms with Gasteiger partial charge in [0.05, 0.1) is 5.92 Å². The predicted molar refractivity (Wildman–Crippen MR) is 101 cm³/mol. The molecule has 0 saturated heterocycles. The van der Waals surface area contributed by atoms with E-state index in [9.17, 15) is 19.5 Å². The first-order valence-electron chi connectivity index (χ1n) is 9.41. The highest BCUT2D eigenvalue weighted by Gasteiger charge is 2.48. The summed E-state index contributed by atoms with van der Waals surface area (Å²) < 4.78 is 0. The SMILES string of the molecule is CC1(C)CC(=O)C([C@@H](C2=C(O)CC(C)(C)CC2=O)c2cccnc2)C(=O)C1. The lowest BCUT2D eigenvalue weighted by Crippen LogP contribution is -2.43. The Morgan fingerprint density at radius 1 is 1.00 bits per heavy atom. The van der Waals surface area contributed by atoms with Crippen LogP contribution in [0.3, 0.4) is 0 Å². The van der Waals surface area contributed by atoms with Gasteiger partial charge < -0.3 is 5.11 Å². The highest BCUT2D eigenvalue weighted by molar-refractivity contribution is 6.09. The van der Waals surface area contributed by atoms with Gasteiger partial charge in [0.15, 0.2) is 5.78 Å². The Morgan fingerprint density at radius 2 is 1.59 bits per heavy atom. The zero-order chi connectivity index (χ0) is 20.0. The van der Waals surface area contributed by atoms with Gasteiger partial charge in [0.25, 0.3) is 0 Å². The van der Waals surface area contributed by atoms with E-state index in [0.717, 1.165) is 0 Å². The maximum atomic E-state index is 13.0. The van der Waals surface area contributed by atoms with Crippen molar-refractivity contribution in [2.75, 3.05) is 0 Å². The van der Waals surface area contributed by atoms with Crippen molar-refractivity contribution in [3.8, 4) is 0 Å². The molecule has 5 heteroatoms. The van der Waals surface area contributed by atoms with Gasteiger partial charge in [-0.1, -0.05) is 33.8 Å². The Morgan fingerprint density at radius 3 is 2.11 bits per heavy atom. The molecule has 1 N–H and O–H groups in total. The Balaban J connectivity index is 2.13. The van der Waals surface area contributed by atoms with Crippen molar-refractivity contribution in [3.05, 3.63) is 41.4 Å². The third-order valence-electron chi connectivity index (χ3n) is 5.58. The van der Waals surface area contributed by atoms with Gasteiger partial charge in [-0.3, -0.25) is 19.4 Å². The van der Waals surface area contributed by atoms with Crippen LogP contribution < -0.4 is 0 Å². The molecule has 2 aliphatic rings. The van der Waals surface area contributed by atoms with Crippen LogP contribution in [0.25, 0.3) is 0 Å². The van der Waals surface area contributed by atoms with Crippen LogP contribution in [-0.4, -0.2) is 27.4 Å². The summed E-state index contributed by atoms with van der Waals surface area (Å²) in [5, 5.41) is 10.7. The quantitative estimate of drug-likeness (QED) is 0.816. The van der Waals surface area contributed by atoms with Crippen LogP contribution in [0.4, 0.5) is 0 Å². The molecule has 1 heterocycles. The minimum atomic E-state index is -0.940. The Bertz CT molecular complexity index is 800. The van der Waals surface area contributed by atoms with Crippen molar-refractivity contribution < 1.29 is 19.5 Å². The van der Waals surface area contributed by atoms with Crippen LogP contribution in [0.15, 0.2) is 35.9 Å². The number of hydrogen-bond donors (Lipinski definition) is 1. The van der Waals surface area contributed by atoms with E-state index in [1.807, 2.05) is 27.7 Å². The molecule has 27 heavy (non-hydrogen) atoms. The molecule has 5 nitrogen and oxygen atoms in total. The molecule has 3 rings (SSSR count). The highest BCUT2D eigenvalue weighted by Crippen LogP contribution is 2.47. The van der Waals surface area contributed by atoms with Crippen molar-refractivity contribution in [3.63, 3.8) is 0 Å². The molecule has 0 radical (unpaired) electrons. The number of Topliss-reactive ketones (excluding diaryl/α,β-unsaturated/α-hetero) is 3. The Labute approximate surface area is 159 Å². The van der Waals surface area contributed by atoms with Crippen molar-refractivity contribution in [2.24, 2.45) is 16.7 Å². The number of aromatic nitrogens is 1. The molecule has 1 saturated carbocycles. The van der Waals surface area contributed by atoms with Gasteiger partial charge in [-0.2, -0.15) is 0 Å². The highest BCUT2D eigenvalue weighted by atomic mass is 16.3. The normalized spacial score (nSPS) is 24.2. The minimum absolute atomic E-state index is 0.00413. The Hall–Kier alpha value is -2.30. The van der Waals surface area contributed by atoms with Crippen molar-refractivity contribution >= 4 is 17.3 Å². The summed E-state index contributed by atoms with van der Waals surface area (Å²) >= 11 is 0. The fraction of sp³-hybridized carbons (Fsp3) is 0.545. The first kappa shape index (κ1) is 19.5. The molecular weight excluding hydrogens is 342 g/mol. The molecule has 1 aromatic heterocycles. The third-order valence-corrected chi connectivity index (χ3v) is 5.58. The molecule has 2 aliphatic carbocycles. The zero-order valence-electron chi connectivity index (χ0n) is 16.4. The molecule has 0 aliphatic heterocycles. The number of carbonyl (C=O) groups excluding carboxylic acids is 3. The minimum Gasteiger partial charge on any atom is -0.512 e. The van der Waals surface area contributed by atoms with E-state index >= 15 is 0 Å². The van der Waals surface area contributed by atoms with E-state index in [2.05, 4.69) is 4.98 Å². The number of rotatable bonds is 3. The molecule has 0 amide bonds. The summed E-state index contributed by atoms with van der Waals surface area (Å²) in [6.45, 7) is 7.67. The molecule has 0 unspecified atom stereocenters. The first-order chi connectivity index (χ1) is 12.5. The number of pyridine rings is 1. The number of aliphatic hydroxyl groups is 1. The van der Waals surface area contributed by atoms with Crippen LogP contribution in [0.5, 0.6) is 0 Å². The van der Waals surface area contributed by atoms with Gasteiger partial charge in [-0.05, 0) is 22.5 Å². The second-order valence-electron chi connectivity index (χ2n) is 9.49. The van der Waals surface area contributed by atoms with Gasteiger partial charge in [0, 0.05) is 49.6 Å². The van der Waals surface area contributed by atoms with Crippen LogP contribution in [0, 0.1) is 16.7 Å². The molecule has 0 bridgehead atoms. The molecule has 1 aromatic rings. The van der Waals surface area contributed by atoms with Crippen LogP contribution in [0.1, 0.15) is 64.9 Å². The fourth-order valence-electron chi connectivity index (χ4n) is 4.52. The summed E-state index contributed by atoms with van der Waals surface area (Å²) in [5.41, 5.74) is 0.124. The maximum Gasteiger partial charge on any atom is 0.163 e. The van der Waals surface area contributed by atoms with E-state index < -0.39 is 11.8 Å². The second-order valence-corrected chi connectivity index (χ2v) is 9.49. The molecule has 0 spiro atoms. The summed E-state index contributed by atoms with van der Waals surface area (Å²) in [6.07, 6.45) is 4.39. The van der Waals surface area contributed by atoms with Crippen LogP contribution >= 0.6 is 0 Å². The van der Waals surface area contributed by atoms with Crippen LogP contribution in [0.2, 0.25) is 0 Å². The Kier molecular flexibility index (Phi) is 4.83. The zero-order valence-corrected chi connectivity index (χ0v) is 16.4. The predicted octanol–water partition coefficient (Wildman–Crippen LogP) is 3.94. The number of nitrogens with zero attached hydrogens (tertiary/aromatic N) is 1. The van der Waals surface area contributed by atoms with Gasteiger partial charge >= 0.3 is 0 Å². The second kappa shape index (κ2) is 6.70. The number of carbonyl (C=O) groups is 3. The van der Waals surface area contributed by atoms with Gasteiger partial charge in [-0.25, -0.2) is 0 Å². The lowest BCUT2D eigenvalue weighted by Gasteiger charge is -2.38. The lowest BCUT2D eigenvalue weighted by molar-refractivity contribution is -0.140. The summed E-state index contributed by atoms with van der Waals surface area (Å²) in [7, 11) is 0. The van der Waals surface area contributed by atoms with E-state index in [0.29, 0.717) is 12.0 Å². The number of hydrogen-bond acceptors (Lipinski definition) is 5. The van der Waals surface area contributed by atoms with Gasteiger partial charge in [0.2, 0.25) is 0 Å². The van der Waals surface area contributed by atoms with Gasteiger partial charge in [-0.15, -0.1) is 0 Å². The molecular formula is C22H27NO4. The van der Waals surface area contributed by atoms with Gasteiger partial charge in [0.1, 0.15) is 17.3 Å². The molecule has 0 aromatic carbocycles. The lowest BCUT2D eigenvalue weighted by atomic mass is 9.63. The summed E-state index contributed by atoms with van der Waals surface area (Å²) in [5.74, 6) is -2.23. The number of ketones is 3. The van der Waals surface area contributed by atoms with Crippen molar-refractivity contribution in [1.29, 1.82) is 0 Å². The van der Waals surface area contributed by atoms with Crippen molar-refractivity contribution in [1.82, 2.24) is 4.98 Å². The topological polar surface area (TPSA) is 84.3 Å². The summed E-state index contributed by atoms with van der Waals surface area (Å²) in [4.78, 5) is 43.0. The van der Waals surface area contributed by atoms with E-state index in [1.165, 1.54) is 0 Å². The largest absolute Gasteiger partial charge is 0.512 e. The van der Waals surface area contributed by atoms with Crippen LogP contribution in [-0.2, 0) is 14.4 Å². The van der Waals surface area contributed by atoms with E-state index in [1.54, 1.807) is 24.5 Å². The average Bonchev–Trinajstić information content (AvgIpc) is 2.50. The van der Waals surface area contributed by atoms with E-state index in [4.69, 9.17) is 0 Å². The molecule has 1 atom stereocenters. The van der Waals surface area contributed by atoms with Crippen molar-refractivity contribution in [2.45, 2.75) is 59.3 Å².